The van der Waals surface area contributed by atoms with Crippen LogP contribution in [-0.2, 0) is 6.42 Å². The van der Waals surface area contributed by atoms with Gasteiger partial charge in [0.25, 0.3) is 0 Å². The lowest BCUT2D eigenvalue weighted by atomic mass is 9.99. The van der Waals surface area contributed by atoms with Crippen LogP contribution in [-0.4, -0.2) is 4.98 Å². The summed E-state index contributed by atoms with van der Waals surface area (Å²) in [6.07, 6.45) is 2.83. The van der Waals surface area contributed by atoms with Gasteiger partial charge in [-0.25, -0.2) is 4.98 Å². The summed E-state index contributed by atoms with van der Waals surface area (Å²) in [4.78, 5) is 4.10. The second-order valence-electron chi connectivity index (χ2n) is 4.73. The maximum Gasteiger partial charge on any atom is 0.131 e. The molecule has 0 saturated heterocycles. The molecule has 2 N–H and O–H groups in total. The Balaban J connectivity index is 2.27. The minimum absolute atomic E-state index is 0.587. The molecule has 0 amide bonds. The molecule has 1 aromatic heterocycles. The Labute approximate surface area is 103 Å². The molecule has 0 unspecified atom stereocenters. The quantitative estimate of drug-likeness (QED) is 0.869. The monoisotopic (exact) mass is 226 g/mol. The Morgan fingerprint density at radius 1 is 1.12 bits per heavy atom. The van der Waals surface area contributed by atoms with Crippen LogP contribution in [0.15, 0.2) is 42.6 Å². The molecule has 0 spiro atoms. The molecule has 2 aromatic rings. The van der Waals surface area contributed by atoms with Crippen LogP contribution in [0.4, 0.5) is 5.82 Å². The third kappa shape index (κ3) is 2.84. The molecule has 1 aromatic carbocycles. The summed E-state index contributed by atoms with van der Waals surface area (Å²) in [7, 11) is 0. The van der Waals surface area contributed by atoms with Crippen molar-refractivity contribution in [3.8, 4) is 11.1 Å². The summed E-state index contributed by atoms with van der Waals surface area (Å²) in [6.45, 7) is 4.46. The highest BCUT2D eigenvalue weighted by atomic mass is 14.8. The zero-order valence-electron chi connectivity index (χ0n) is 10.4. The van der Waals surface area contributed by atoms with Crippen molar-refractivity contribution in [2.75, 3.05) is 5.73 Å². The Morgan fingerprint density at radius 2 is 1.82 bits per heavy atom. The van der Waals surface area contributed by atoms with Gasteiger partial charge in [0, 0.05) is 11.8 Å². The van der Waals surface area contributed by atoms with Crippen molar-refractivity contribution in [3.05, 3.63) is 48.2 Å². The topological polar surface area (TPSA) is 38.9 Å². The average molecular weight is 226 g/mol. The molecule has 0 saturated carbocycles. The Bertz CT molecular complexity index is 487. The Hall–Kier alpha value is -1.83. The van der Waals surface area contributed by atoms with Crippen molar-refractivity contribution in [2.24, 2.45) is 5.92 Å². The summed E-state index contributed by atoms with van der Waals surface area (Å²) >= 11 is 0. The molecule has 1 heterocycles. The van der Waals surface area contributed by atoms with Crippen LogP contribution in [0.25, 0.3) is 11.1 Å². The highest BCUT2D eigenvalue weighted by Crippen LogP contribution is 2.24. The normalized spacial score (nSPS) is 10.8. The van der Waals surface area contributed by atoms with Gasteiger partial charge in [0.1, 0.15) is 5.82 Å². The first-order chi connectivity index (χ1) is 8.16. The van der Waals surface area contributed by atoms with Crippen LogP contribution < -0.4 is 5.73 Å². The molecular weight excluding hydrogens is 208 g/mol. The molecule has 0 aliphatic rings. The van der Waals surface area contributed by atoms with E-state index in [-0.39, 0.29) is 0 Å². The lowest BCUT2D eigenvalue weighted by Gasteiger charge is -2.07. The van der Waals surface area contributed by atoms with Gasteiger partial charge < -0.3 is 5.73 Å². The molecule has 88 valence electrons. The minimum atomic E-state index is 0.587. The standard InChI is InChI=1S/C15H18N2/c1-11(2)10-12-5-7-13(8-6-12)14-4-3-9-17-15(14)16/h3-9,11H,10H2,1-2H3,(H2,16,17). The number of nitrogen functional groups attached to an aromatic ring is 1. The zero-order chi connectivity index (χ0) is 12.3. The first-order valence-electron chi connectivity index (χ1n) is 5.96. The average Bonchev–Trinajstić information content (AvgIpc) is 2.30. The minimum Gasteiger partial charge on any atom is -0.383 e. The van der Waals surface area contributed by atoms with Crippen molar-refractivity contribution >= 4 is 5.82 Å². The van der Waals surface area contributed by atoms with Crippen LogP contribution in [0.5, 0.6) is 0 Å². The van der Waals surface area contributed by atoms with E-state index in [0.29, 0.717) is 11.7 Å². The van der Waals surface area contributed by atoms with E-state index in [1.165, 1.54) is 5.56 Å². The fourth-order valence-electron chi connectivity index (χ4n) is 1.95. The van der Waals surface area contributed by atoms with Crippen LogP contribution in [0, 0.1) is 5.92 Å². The van der Waals surface area contributed by atoms with Crippen LogP contribution >= 0.6 is 0 Å². The molecule has 2 heteroatoms. The van der Waals surface area contributed by atoms with E-state index < -0.39 is 0 Å². The van der Waals surface area contributed by atoms with E-state index in [1.807, 2.05) is 12.1 Å². The highest BCUT2D eigenvalue weighted by molar-refractivity contribution is 5.73. The van der Waals surface area contributed by atoms with Crippen molar-refractivity contribution in [2.45, 2.75) is 20.3 Å². The number of pyridine rings is 1. The van der Waals surface area contributed by atoms with Gasteiger partial charge in [-0.15, -0.1) is 0 Å². The van der Waals surface area contributed by atoms with Crippen molar-refractivity contribution < 1.29 is 0 Å². The number of aromatic nitrogens is 1. The number of hydrogen-bond acceptors (Lipinski definition) is 2. The van der Waals surface area contributed by atoms with Gasteiger partial charge in [0.05, 0.1) is 0 Å². The third-order valence-corrected chi connectivity index (χ3v) is 2.75. The van der Waals surface area contributed by atoms with E-state index in [2.05, 4.69) is 43.1 Å². The van der Waals surface area contributed by atoms with E-state index in [1.54, 1.807) is 6.20 Å². The number of rotatable bonds is 3. The van der Waals surface area contributed by atoms with E-state index in [9.17, 15) is 0 Å². The Morgan fingerprint density at radius 3 is 2.41 bits per heavy atom. The van der Waals surface area contributed by atoms with E-state index in [0.717, 1.165) is 17.5 Å². The molecule has 0 radical (unpaired) electrons. The first kappa shape index (κ1) is 11.6. The van der Waals surface area contributed by atoms with Gasteiger partial charge >= 0.3 is 0 Å². The smallest absolute Gasteiger partial charge is 0.131 e. The fourth-order valence-corrected chi connectivity index (χ4v) is 1.95. The Kier molecular flexibility index (Phi) is 3.43. The molecule has 0 atom stereocenters. The maximum atomic E-state index is 5.86. The molecule has 0 aliphatic heterocycles. The van der Waals surface area contributed by atoms with Gasteiger partial charge in [0.2, 0.25) is 0 Å². The van der Waals surface area contributed by atoms with Crippen LogP contribution in [0.1, 0.15) is 19.4 Å². The first-order valence-corrected chi connectivity index (χ1v) is 5.96. The molecule has 0 fully saturated rings. The summed E-state index contributed by atoms with van der Waals surface area (Å²) in [6, 6.07) is 12.5. The highest BCUT2D eigenvalue weighted by Gasteiger charge is 2.03. The largest absolute Gasteiger partial charge is 0.383 e. The van der Waals surface area contributed by atoms with Crippen molar-refractivity contribution in [3.63, 3.8) is 0 Å². The second-order valence-corrected chi connectivity index (χ2v) is 4.73. The van der Waals surface area contributed by atoms with E-state index >= 15 is 0 Å². The van der Waals surface area contributed by atoms with Gasteiger partial charge in [-0.3, -0.25) is 0 Å². The number of anilines is 1. The summed E-state index contributed by atoms with van der Waals surface area (Å²) < 4.78 is 0. The lowest BCUT2D eigenvalue weighted by molar-refractivity contribution is 0.647. The summed E-state index contributed by atoms with van der Waals surface area (Å²) in [5.41, 5.74) is 9.36. The molecule has 0 bridgehead atoms. The number of nitrogens with two attached hydrogens (primary N) is 1. The van der Waals surface area contributed by atoms with Crippen LogP contribution in [0.3, 0.4) is 0 Å². The van der Waals surface area contributed by atoms with Gasteiger partial charge in [0.15, 0.2) is 0 Å². The van der Waals surface area contributed by atoms with Gasteiger partial charge in [-0.1, -0.05) is 38.1 Å². The maximum absolute atomic E-state index is 5.86. The molecular formula is C15H18N2. The number of benzene rings is 1. The number of hydrogen-bond donors (Lipinski definition) is 1. The molecule has 2 rings (SSSR count). The van der Waals surface area contributed by atoms with Gasteiger partial charge in [-0.05, 0) is 35.6 Å². The van der Waals surface area contributed by atoms with Crippen molar-refractivity contribution in [1.29, 1.82) is 0 Å². The summed E-state index contributed by atoms with van der Waals surface area (Å²) in [5.74, 6) is 1.27. The van der Waals surface area contributed by atoms with E-state index in [4.69, 9.17) is 5.73 Å². The molecule has 0 aliphatic carbocycles. The predicted octanol–water partition coefficient (Wildman–Crippen LogP) is 3.53. The van der Waals surface area contributed by atoms with Gasteiger partial charge in [-0.2, -0.15) is 0 Å². The SMILES string of the molecule is CC(C)Cc1ccc(-c2cccnc2N)cc1. The number of nitrogens with zero attached hydrogens (tertiary/aromatic N) is 1. The lowest BCUT2D eigenvalue weighted by Crippen LogP contribution is -1.95. The third-order valence-electron chi connectivity index (χ3n) is 2.75. The summed E-state index contributed by atoms with van der Waals surface area (Å²) in [5, 5.41) is 0. The predicted molar refractivity (Wildman–Crippen MR) is 72.6 cm³/mol. The second kappa shape index (κ2) is 5.00. The van der Waals surface area contributed by atoms with Crippen LogP contribution in [0.2, 0.25) is 0 Å². The zero-order valence-corrected chi connectivity index (χ0v) is 10.4. The molecule has 17 heavy (non-hydrogen) atoms. The van der Waals surface area contributed by atoms with Crippen molar-refractivity contribution in [1.82, 2.24) is 4.98 Å². The molecule has 2 nitrogen and oxygen atoms in total. The fraction of sp³-hybridized carbons (Fsp3) is 0.267.